The molecule has 1 aliphatic rings. The van der Waals surface area contributed by atoms with Gasteiger partial charge in [-0.2, -0.15) is 5.10 Å². The molecular formula is C21H23ClN4O. The van der Waals surface area contributed by atoms with Crippen molar-refractivity contribution in [1.82, 2.24) is 19.2 Å². The number of hydrogen-bond acceptors (Lipinski definition) is 2. The maximum Gasteiger partial charge on any atom is 0.223 e. The van der Waals surface area contributed by atoms with Crippen LogP contribution in [-0.4, -0.2) is 31.0 Å². The molecule has 6 heteroatoms. The van der Waals surface area contributed by atoms with Gasteiger partial charge >= 0.3 is 0 Å². The fourth-order valence-corrected chi connectivity index (χ4v) is 3.84. The van der Waals surface area contributed by atoms with Crippen LogP contribution < -0.4 is 0 Å². The Morgan fingerprint density at radius 1 is 1.19 bits per heavy atom. The molecular weight excluding hydrogens is 360 g/mol. The van der Waals surface area contributed by atoms with Crippen LogP contribution in [0.1, 0.15) is 35.2 Å². The zero-order chi connectivity index (χ0) is 19.0. The first-order chi connectivity index (χ1) is 13.1. The molecule has 4 rings (SSSR count). The van der Waals surface area contributed by atoms with Crippen LogP contribution in [-0.2, 0) is 17.9 Å². The van der Waals surface area contributed by atoms with E-state index in [9.17, 15) is 4.79 Å². The number of amides is 1. The minimum atomic E-state index is 0.144. The smallest absolute Gasteiger partial charge is 0.223 e. The number of hydrogen-bond donors (Lipinski definition) is 0. The average Bonchev–Trinajstić information content (AvgIpc) is 3.35. The summed E-state index contributed by atoms with van der Waals surface area (Å²) in [7, 11) is 0. The standard InChI is InChI=1S/C21H23ClN4O/c1-15-7-8-19(16(2)12-15)26-21(24-10-3-4-11-24)17-13-25(14-18(17)23-26)20(27)6-5-9-22/h3-4,7-8,10-12H,5-6,9,13-14H2,1-2H3. The Morgan fingerprint density at radius 2 is 1.96 bits per heavy atom. The molecule has 0 N–H and O–H groups in total. The predicted molar refractivity (Wildman–Crippen MR) is 107 cm³/mol. The summed E-state index contributed by atoms with van der Waals surface area (Å²) in [6.45, 7) is 5.35. The molecule has 140 valence electrons. The molecule has 3 aromatic rings. The quantitative estimate of drug-likeness (QED) is 0.622. The lowest BCUT2D eigenvalue weighted by Gasteiger charge is -2.18. The van der Waals surface area contributed by atoms with Crippen molar-refractivity contribution in [3.63, 3.8) is 0 Å². The number of alkyl halides is 1. The van der Waals surface area contributed by atoms with Gasteiger partial charge in [0.05, 0.1) is 24.5 Å². The maximum absolute atomic E-state index is 12.4. The minimum Gasteiger partial charge on any atom is -0.332 e. The van der Waals surface area contributed by atoms with E-state index in [1.807, 2.05) is 34.1 Å². The normalized spacial score (nSPS) is 13.2. The molecule has 0 fully saturated rings. The molecule has 1 aliphatic heterocycles. The molecule has 0 unspecified atom stereocenters. The first-order valence-corrected chi connectivity index (χ1v) is 9.77. The Hall–Kier alpha value is -2.53. The Labute approximate surface area is 164 Å². The second-order valence-corrected chi connectivity index (χ2v) is 7.46. The third-order valence-corrected chi connectivity index (χ3v) is 5.30. The van der Waals surface area contributed by atoms with E-state index in [1.165, 1.54) is 11.1 Å². The number of carbonyl (C=O) groups is 1. The van der Waals surface area contributed by atoms with Crippen molar-refractivity contribution < 1.29 is 4.79 Å². The van der Waals surface area contributed by atoms with Crippen LogP contribution in [0.3, 0.4) is 0 Å². The molecule has 0 spiro atoms. The van der Waals surface area contributed by atoms with Crippen molar-refractivity contribution >= 4 is 17.5 Å². The molecule has 2 aromatic heterocycles. The molecule has 0 saturated heterocycles. The number of rotatable bonds is 5. The Bertz CT molecular complexity index is 974. The molecule has 5 nitrogen and oxygen atoms in total. The van der Waals surface area contributed by atoms with Crippen molar-refractivity contribution in [2.45, 2.75) is 39.8 Å². The zero-order valence-corrected chi connectivity index (χ0v) is 16.4. The number of aryl methyl sites for hydroxylation is 2. The van der Waals surface area contributed by atoms with Crippen molar-refractivity contribution in [2.24, 2.45) is 0 Å². The van der Waals surface area contributed by atoms with Crippen molar-refractivity contribution in [3.8, 4) is 11.5 Å². The molecule has 1 aromatic carbocycles. The highest BCUT2D eigenvalue weighted by atomic mass is 35.5. The van der Waals surface area contributed by atoms with Gasteiger partial charge in [0, 0.05) is 30.3 Å². The predicted octanol–water partition coefficient (Wildman–Crippen LogP) is 4.14. The average molecular weight is 383 g/mol. The molecule has 0 atom stereocenters. The van der Waals surface area contributed by atoms with Gasteiger partial charge in [0.1, 0.15) is 5.82 Å². The van der Waals surface area contributed by atoms with Crippen molar-refractivity contribution in [2.75, 3.05) is 5.88 Å². The molecule has 3 heterocycles. The molecule has 0 saturated carbocycles. The molecule has 0 radical (unpaired) electrons. The summed E-state index contributed by atoms with van der Waals surface area (Å²) in [6.07, 6.45) is 5.25. The van der Waals surface area contributed by atoms with E-state index in [4.69, 9.17) is 16.7 Å². The van der Waals surface area contributed by atoms with Crippen LogP contribution in [0, 0.1) is 13.8 Å². The number of benzene rings is 1. The lowest BCUT2D eigenvalue weighted by Crippen LogP contribution is -2.26. The summed E-state index contributed by atoms with van der Waals surface area (Å²) >= 11 is 5.74. The highest BCUT2D eigenvalue weighted by Crippen LogP contribution is 2.31. The fraction of sp³-hybridized carbons (Fsp3) is 0.333. The number of fused-ring (bicyclic) bond motifs is 1. The van der Waals surface area contributed by atoms with E-state index in [0.29, 0.717) is 31.8 Å². The summed E-state index contributed by atoms with van der Waals surface area (Å²) in [5.41, 5.74) is 5.57. The number of halogens is 1. The summed E-state index contributed by atoms with van der Waals surface area (Å²) in [5, 5.41) is 4.90. The number of nitrogens with zero attached hydrogens (tertiary/aromatic N) is 4. The molecule has 0 bridgehead atoms. The third kappa shape index (κ3) is 3.28. The van der Waals surface area contributed by atoms with Gasteiger partial charge in [-0.3, -0.25) is 4.79 Å². The second-order valence-electron chi connectivity index (χ2n) is 7.08. The van der Waals surface area contributed by atoms with Crippen LogP contribution in [0.25, 0.3) is 11.5 Å². The van der Waals surface area contributed by atoms with Crippen molar-refractivity contribution in [1.29, 1.82) is 0 Å². The molecule has 27 heavy (non-hydrogen) atoms. The van der Waals surface area contributed by atoms with Gasteiger partial charge in [-0.25, -0.2) is 4.68 Å². The van der Waals surface area contributed by atoms with Gasteiger partial charge in [0.15, 0.2) is 0 Å². The number of carbonyl (C=O) groups excluding carboxylic acids is 1. The Morgan fingerprint density at radius 3 is 2.67 bits per heavy atom. The van der Waals surface area contributed by atoms with Gasteiger partial charge in [-0.1, -0.05) is 17.7 Å². The lowest BCUT2D eigenvalue weighted by molar-refractivity contribution is -0.131. The summed E-state index contributed by atoms with van der Waals surface area (Å²) in [4.78, 5) is 14.3. The first kappa shape index (κ1) is 17.9. The van der Waals surface area contributed by atoms with Gasteiger partial charge in [-0.05, 0) is 44.0 Å². The van der Waals surface area contributed by atoms with E-state index in [0.717, 1.165) is 22.8 Å². The van der Waals surface area contributed by atoms with Crippen LogP contribution >= 0.6 is 11.6 Å². The minimum absolute atomic E-state index is 0.144. The SMILES string of the molecule is Cc1ccc(-n2nc3c(c2-n2cccc2)CN(C(=O)CCCCl)C3)c(C)c1. The second kappa shape index (κ2) is 7.24. The van der Waals surface area contributed by atoms with E-state index >= 15 is 0 Å². The van der Waals surface area contributed by atoms with Crippen LogP contribution in [0.15, 0.2) is 42.7 Å². The summed E-state index contributed by atoms with van der Waals surface area (Å²) in [5.74, 6) is 1.66. The van der Waals surface area contributed by atoms with Gasteiger partial charge in [-0.15, -0.1) is 11.6 Å². The largest absolute Gasteiger partial charge is 0.332 e. The highest BCUT2D eigenvalue weighted by molar-refractivity contribution is 6.17. The first-order valence-electron chi connectivity index (χ1n) is 9.24. The van der Waals surface area contributed by atoms with Crippen LogP contribution in [0.4, 0.5) is 0 Å². The van der Waals surface area contributed by atoms with Gasteiger partial charge in [0.25, 0.3) is 0 Å². The highest BCUT2D eigenvalue weighted by Gasteiger charge is 2.31. The van der Waals surface area contributed by atoms with Gasteiger partial charge in [0.2, 0.25) is 5.91 Å². The zero-order valence-electron chi connectivity index (χ0n) is 15.7. The van der Waals surface area contributed by atoms with E-state index in [-0.39, 0.29) is 5.91 Å². The summed E-state index contributed by atoms with van der Waals surface area (Å²) < 4.78 is 4.10. The maximum atomic E-state index is 12.4. The summed E-state index contributed by atoms with van der Waals surface area (Å²) in [6, 6.07) is 10.4. The van der Waals surface area contributed by atoms with E-state index in [1.54, 1.807) is 0 Å². The Balaban J connectivity index is 1.75. The van der Waals surface area contributed by atoms with E-state index in [2.05, 4.69) is 36.6 Å². The monoisotopic (exact) mass is 382 g/mol. The topological polar surface area (TPSA) is 43.1 Å². The van der Waals surface area contributed by atoms with Crippen LogP contribution in [0.5, 0.6) is 0 Å². The fourth-order valence-electron chi connectivity index (χ4n) is 3.71. The van der Waals surface area contributed by atoms with Crippen molar-refractivity contribution in [3.05, 3.63) is 65.1 Å². The Kier molecular flexibility index (Phi) is 4.79. The number of aromatic nitrogens is 3. The lowest BCUT2D eigenvalue weighted by atomic mass is 10.1. The van der Waals surface area contributed by atoms with Gasteiger partial charge < -0.3 is 9.47 Å². The molecule has 1 amide bonds. The molecule has 0 aliphatic carbocycles. The van der Waals surface area contributed by atoms with E-state index < -0.39 is 0 Å². The third-order valence-electron chi connectivity index (χ3n) is 5.04. The van der Waals surface area contributed by atoms with Crippen LogP contribution in [0.2, 0.25) is 0 Å².